The number of carbonyl (C=O) groups is 2. The van der Waals surface area contributed by atoms with E-state index in [1.54, 1.807) is 12.1 Å². The molecule has 0 radical (unpaired) electrons. The van der Waals surface area contributed by atoms with Gasteiger partial charge in [0.2, 0.25) is 0 Å². The average molecular weight is 312 g/mol. The monoisotopic (exact) mass is 312 g/mol. The highest BCUT2D eigenvalue weighted by molar-refractivity contribution is 6.02. The molecular formula is C19H20O4. The molecule has 0 saturated carbocycles. The van der Waals surface area contributed by atoms with Gasteiger partial charge in [0, 0.05) is 5.92 Å². The van der Waals surface area contributed by atoms with Crippen LogP contribution in [-0.4, -0.2) is 23.1 Å². The maximum atomic E-state index is 12.3. The fourth-order valence-corrected chi connectivity index (χ4v) is 2.70. The average Bonchev–Trinajstić information content (AvgIpc) is 2.56. The van der Waals surface area contributed by atoms with Gasteiger partial charge in [-0.1, -0.05) is 49.4 Å². The van der Waals surface area contributed by atoms with E-state index >= 15 is 0 Å². The topological polar surface area (TPSA) is 63.6 Å². The maximum absolute atomic E-state index is 12.3. The van der Waals surface area contributed by atoms with E-state index in [-0.39, 0.29) is 23.1 Å². The summed E-state index contributed by atoms with van der Waals surface area (Å²) >= 11 is 0. The lowest BCUT2D eigenvalue weighted by Crippen LogP contribution is -2.23. The molecule has 4 nitrogen and oxygen atoms in total. The summed E-state index contributed by atoms with van der Waals surface area (Å²) in [6, 6.07) is 15.9. The molecule has 2 aromatic carbocycles. The van der Waals surface area contributed by atoms with Crippen LogP contribution in [0.25, 0.3) is 0 Å². The molecule has 4 heteroatoms. The van der Waals surface area contributed by atoms with E-state index in [1.807, 2.05) is 44.2 Å². The van der Waals surface area contributed by atoms with E-state index in [9.17, 15) is 14.7 Å². The van der Waals surface area contributed by atoms with Gasteiger partial charge >= 0.3 is 11.9 Å². The first-order valence-electron chi connectivity index (χ1n) is 7.62. The van der Waals surface area contributed by atoms with E-state index in [2.05, 4.69) is 0 Å². The van der Waals surface area contributed by atoms with Crippen molar-refractivity contribution in [3.63, 3.8) is 0 Å². The molecule has 23 heavy (non-hydrogen) atoms. The van der Waals surface area contributed by atoms with Crippen molar-refractivity contribution in [2.75, 3.05) is 0 Å². The van der Waals surface area contributed by atoms with Crippen molar-refractivity contribution in [3.8, 4) is 0 Å². The van der Waals surface area contributed by atoms with Gasteiger partial charge in [0.15, 0.2) is 0 Å². The first kappa shape index (κ1) is 16.7. The Balaban J connectivity index is 2.18. The van der Waals surface area contributed by atoms with Gasteiger partial charge in [-0.3, -0.25) is 0 Å². The Kier molecular flexibility index (Phi) is 5.52. The Labute approximate surface area is 135 Å². The van der Waals surface area contributed by atoms with E-state index < -0.39 is 11.9 Å². The Morgan fingerprint density at radius 1 is 1.00 bits per heavy atom. The fraction of sp³-hybridized carbons (Fsp3) is 0.263. The van der Waals surface area contributed by atoms with Gasteiger partial charge in [0.25, 0.3) is 0 Å². The summed E-state index contributed by atoms with van der Waals surface area (Å²) in [6.07, 6.45) is 0.468. The predicted octanol–water partition coefficient (Wildman–Crippen LogP) is 4.12. The van der Waals surface area contributed by atoms with Crippen LogP contribution < -0.4 is 0 Å². The molecule has 0 bridgehead atoms. The summed E-state index contributed by atoms with van der Waals surface area (Å²) in [7, 11) is 0. The lowest BCUT2D eigenvalue weighted by molar-refractivity contribution is 0.0272. The van der Waals surface area contributed by atoms with Crippen molar-refractivity contribution in [2.24, 2.45) is 0 Å². The van der Waals surface area contributed by atoms with E-state index in [4.69, 9.17) is 4.74 Å². The van der Waals surface area contributed by atoms with Gasteiger partial charge in [-0.25, -0.2) is 9.59 Å². The number of carboxylic acid groups (broad SMARTS) is 1. The van der Waals surface area contributed by atoms with Gasteiger partial charge in [-0.05, 0) is 31.0 Å². The minimum atomic E-state index is -1.14. The lowest BCUT2D eigenvalue weighted by Gasteiger charge is -2.23. The third-order valence-electron chi connectivity index (χ3n) is 3.90. The van der Waals surface area contributed by atoms with Gasteiger partial charge < -0.3 is 9.84 Å². The third-order valence-corrected chi connectivity index (χ3v) is 3.90. The number of hydrogen-bond acceptors (Lipinski definition) is 3. The zero-order valence-corrected chi connectivity index (χ0v) is 13.2. The SMILES string of the molecule is CC[C@H](c1ccccc1)[C@H](C)OC(=O)c1ccccc1C(=O)O. The van der Waals surface area contributed by atoms with Gasteiger partial charge in [0.1, 0.15) is 6.10 Å². The highest BCUT2D eigenvalue weighted by Gasteiger charge is 2.24. The Hall–Kier alpha value is -2.62. The van der Waals surface area contributed by atoms with Crippen molar-refractivity contribution in [2.45, 2.75) is 32.3 Å². The maximum Gasteiger partial charge on any atom is 0.339 e. The summed E-state index contributed by atoms with van der Waals surface area (Å²) < 4.78 is 5.53. The van der Waals surface area contributed by atoms with Crippen molar-refractivity contribution < 1.29 is 19.4 Å². The first-order chi connectivity index (χ1) is 11.0. The number of rotatable bonds is 6. The molecule has 2 rings (SSSR count). The zero-order chi connectivity index (χ0) is 16.8. The highest BCUT2D eigenvalue weighted by atomic mass is 16.5. The number of esters is 1. The Morgan fingerprint density at radius 3 is 2.13 bits per heavy atom. The van der Waals surface area contributed by atoms with Crippen LogP contribution in [0.15, 0.2) is 54.6 Å². The summed E-state index contributed by atoms with van der Waals surface area (Å²) in [6.45, 7) is 3.87. The number of ether oxygens (including phenoxy) is 1. The second-order valence-electron chi connectivity index (χ2n) is 5.39. The number of carboxylic acids is 1. The van der Waals surface area contributed by atoms with Crippen LogP contribution in [0.1, 0.15) is 52.5 Å². The molecule has 1 N–H and O–H groups in total. The molecule has 120 valence electrons. The van der Waals surface area contributed by atoms with Crippen LogP contribution in [0.4, 0.5) is 0 Å². The molecule has 0 spiro atoms. The van der Waals surface area contributed by atoms with Crippen LogP contribution >= 0.6 is 0 Å². The van der Waals surface area contributed by atoms with Crippen LogP contribution in [-0.2, 0) is 4.74 Å². The van der Waals surface area contributed by atoms with Gasteiger partial charge in [-0.15, -0.1) is 0 Å². The van der Waals surface area contributed by atoms with Crippen molar-refractivity contribution in [1.82, 2.24) is 0 Å². The third kappa shape index (κ3) is 3.97. The van der Waals surface area contributed by atoms with Crippen molar-refractivity contribution >= 4 is 11.9 Å². The summed E-state index contributed by atoms with van der Waals surface area (Å²) in [5.74, 6) is -1.68. The molecule has 0 aliphatic rings. The van der Waals surface area contributed by atoms with E-state index in [1.165, 1.54) is 12.1 Å². The Bertz CT molecular complexity index is 679. The van der Waals surface area contributed by atoms with Crippen molar-refractivity contribution in [1.29, 1.82) is 0 Å². The molecule has 0 heterocycles. The minimum Gasteiger partial charge on any atom is -0.478 e. The normalized spacial score (nSPS) is 13.1. The van der Waals surface area contributed by atoms with Gasteiger partial charge in [0.05, 0.1) is 11.1 Å². The molecule has 0 aromatic heterocycles. The van der Waals surface area contributed by atoms with E-state index in [0.717, 1.165) is 12.0 Å². The standard InChI is InChI=1S/C19H20O4/c1-3-15(14-9-5-4-6-10-14)13(2)23-19(22)17-12-8-7-11-16(17)18(20)21/h4-13,15H,3H2,1-2H3,(H,20,21)/t13-,15-/m0/s1. The largest absolute Gasteiger partial charge is 0.478 e. The molecule has 2 atom stereocenters. The number of benzene rings is 2. The summed E-state index contributed by atoms with van der Waals surface area (Å²) in [5.41, 5.74) is 1.13. The second kappa shape index (κ2) is 7.58. The predicted molar refractivity (Wildman–Crippen MR) is 87.8 cm³/mol. The lowest BCUT2D eigenvalue weighted by atomic mass is 9.92. The fourth-order valence-electron chi connectivity index (χ4n) is 2.70. The molecule has 0 fully saturated rings. The molecule has 0 saturated heterocycles. The molecule has 2 aromatic rings. The summed E-state index contributed by atoms with van der Waals surface area (Å²) in [5, 5.41) is 9.17. The molecule has 0 amide bonds. The molecule has 0 aliphatic carbocycles. The number of aromatic carboxylic acids is 1. The number of carbonyl (C=O) groups excluding carboxylic acids is 1. The molecule has 0 aliphatic heterocycles. The van der Waals surface area contributed by atoms with Crippen LogP contribution in [0.5, 0.6) is 0 Å². The molecular weight excluding hydrogens is 292 g/mol. The second-order valence-corrected chi connectivity index (χ2v) is 5.39. The van der Waals surface area contributed by atoms with Crippen LogP contribution in [0, 0.1) is 0 Å². The van der Waals surface area contributed by atoms with Crippen LogP contribution in [0.3, 0.4) is 0 Å². The highest BCUT2D eigenvalue weighted by Crippen LogP contribution is 2.26. The van der Waals surface area contributed by atoms with E-state index in [0.29, 0.717) is 0 Å². The smallest absolute Gasteiger partial charge is 0.339 e. The Morgan fingerprint density at radius 2 is 1.57 bits per heavy atom. The van der Waals surface area contributed by atoms with Crippen LogP contribution in [0.2, 0.25) is 0 Å². The quantitative estimate of drug-likeness (QED) is 0.815. The summed E-state index contributed by atoms with van der Waals surface area (Å²) in [4.78, 5) is 23.6. The number of hydrogen-bond donors (Lipinski definition) is 1. The first-order valence-corrected chi connectivity index (χ1v) is 7.62. The minimum absolute atomic E-state index is 0.0440. The van der Waals surface area contributed by atoms with Gasteiger partial charge in [-0.2, -0.15) is 0 Å². The zero-order valence-electron chi connectivity index (χ0n) is 13.2. The molecule has 0 unspecified atom stereocenters. The van der Waals surface area contributed by atoms with Crippen molar-refractivity contribution in [3.05, 3.63) is 71.3 Å².